The Morgan fingerprint density at radius 3 is 2.42 bits per heavy atom. The Morgan fingerprint density at radius 2 is 1.95 bits per heavy atom. The van der Waals surface area contributed by atoms with Crippen LogP contribution in [0.15, 0.2) is 18.2 Å². The van der Waals surface area contributed by atoms with Gasteiger partial charge in [-0.2, -0.15) is 12.6 Å². The van der Waals surface area contributed by atoms with E-state index in [1.54, 1.807) is 13.0 Å². The number of carboxylic acid groups (broad SMARTS) is 1. The van der Waals surface area contributed by atoms with E-state index in [1.165, 1.54) is 4.90 Å². The molecule has 0 saturated carbocycles. The number of carboxylic acids is 1. The number of hydrogen-bond acceptors (Lipinski definition) is 3. The van der Waals surface area contributed by atoms with E-state index in [1.807, 2.05) is 26.0 Å². The lowest BCUT2D eigenvalue weighted by Gasteiger charge is -2.24. The fraction of sp³-hybridized carbons (Fsp3) is 0.429. The zero-order valence-electron chi connectivity index (χ0n) is 11.4. The van der Waals surface area contributed by atoms with Gasteiger partial charge in [-0.3, -0.25) is 9.59 Å². The van der Waals surface area contributed by atoms with Gasteiger partial charge in [0.05, 0.1) is 0 Å². The highest BCUT2D eigenvalue weighted by atomic mass is 32.1. The first kappa shape index (κ1) is 15.6. The molecule has 0 saturated heterocycles. The molecule has 0 spiro atoms. The van der Waals surface area contributed by atoms with Gasteiger partial charge in [0.2, 0.25) is 5.91 Å². The highest BCUT2D eigenvalue weighted by Crippen LogP contribution is 2.21. The van der Waals surface area contributed by atoms with Crippen molar-refractivity contribution in [2.45, 2.75) is 20.8 Å². The van der Waals surface area contributed by atoms with Crippen molar-refractivity contribution in [3.63, 3.8) is 0 Å². The van der Waals surface area contributed by atoms with Crippen LogP contribution in [-0.2, 0) is 9.59 Å². The molecule has 0 bridgehead atoms. The van der Waals surface area contributed by atoms with Crippen LogP contribution in [0.1, 0.15) is 18.1 Å². The zero-order valence-corrected chi connectivity index (χ0v) is 12.3. The van der Waals surface area contributed by atoms with Crippen molar-refractivity contribution in [1.82, 2.24) is 0 Å². The Bertz CT molecular complexity index is 488. The molecule has 19 heavy (non-hydrogen) atoms. The summed E-state index contributed by atoms with van der Waals surface area (Å²) in [5, 5.41) is 8.96. The van der Waals surface area contributed by atoms with Crippen LogP contribution < -0.4 is 4.90 Å². The minimum absolute atomic E-state index is 0.222. The van der Waals surface area contributed by atoms with Crippen molar-refractivity contribution >= 4 is 30.2 Å². The number of nitrogens with zero attached hydrogens (tertiary/aromatic N) is 1. The van der Waals surface area contributed by atoms with E-state index < -0.39 is 5.97 Å². The molecule has 104 valence electrons. The van der Waals surface area contributed by atoms with Gasteiger partial charge in [0.15, 0.2) is 0 Å². The third-order valence-corrected chi connectivity index (χ3v) is 3.60. The molecule has 5 heteroatoms. The lowest BCUT2D eigenvalue weighted by molar-refractivity contribution is -0.137. The first-order valence-electron chi connectivity index (χ1n) is 6.08. The van der Waals surface area contributed by atoms with Gasteiger partial charge in [0, 0.05) is 17.4 Å². The van der Waals surface area contributed by atoms with Crippen molar-refractivity contribution in [2.24, 2.45) is 5.92 Å². The van der Waals surface area contributed by atoms with E-state index in [0.717, 1.165) is 11.1 Å². The number of carbonyl (C=O) groups is 2. The van der Waals surface area contributed by atoms with Gasteiger partial charge < -0.3 is 10.0 Å². The summed E-state index contributed by atoms with van der Waals surface area (Å²) >= 11 is 4.09. The van der Waals surface area contributed by atoms with Gasteiger partial charge in [-0.1, -0.05) is 13.0 Å². The number of rotatable bonds is 5. The average molecular weight is 281 g/mol. The van der Waals surface area contributed by atoms with Crippen molar-refractivity contribution in [3.05, 3.63) is 29.3 Å². The number of thiol groups is 1. The second-order valence-corrected chi connectivity index (χ2v) is 5.04. The maximum atomic E-state index is 12.2. The second kappa shape index (κ2) is 6.61. The predicted octanol–water partition coefficient (Wildman–Crippen LogP) is 2.29. The van der Waals surface area contributed by atoms with Gasteiger partial charge in [0.25, 0.3) is 0 Å². The van der Waals surface area contributed by atoms with Gasteiger partial charge in [-0.05, 0) is 37.1 Å². The number of aryl methyl sites for hydroxylation is 2. The van der Waals surface area contributed by atoms with Crippen LogP contribution in [0.2, 0.25) is 0 Å². The first-order valence-corrected chi connectivity index (χ1v) is 6.71. The van der Waals surface area contributed by atoms with E-state index in [-0.39, 0.29) is 18.4 Å². The Hall–Kier alpha value is -1.49. The molecular weight excluding hydrogens is 262 g/mol. The maximum Gasteiger partial charge on any atom is 0.323 e. The Labute approximate surface area is 118 Å². The largest absolute Gasteiger partial charge is 0.480 e. The van der Waals surface area contributed by atoms with Crippen LogP contribution in [0.3, 0.4) is 0 Å². The van der Waals surface area contributed by atoms with Gasteiger partial charge in [0.1, 0.15) is 6.54 Å². The van der Waals surface area contributed by atoms with Gasteiger partial charge >= 0.3 is 5.97 Å². The van der Waals surface area contributed by atoms with E-state index >= 15 is 0 Å². The molecule has 1 aromatic rings. The van der Waals surface area contributed by atoms with E-state index in [9.17, 15) is 9.59 Å². The lowest BCUT2D eigenvalue weighted by atomic mass is 10.1. The smallest absolute Gasteiger partial charge is 0.323 e. The quantitative estimate of drug-likeness (QED) is 0.814. The molecule has 1 N–H and O–H groups in total. The summed E-state index contributed by atoms with van der Waals surface area (Å²) in [7, 11) is 0. The lowest BCUT2D eigenvalue weighted by Crippen LogP contribution is -2.39. The number of aliphatic carboxylic acids is 1. The van der Waals surface area contributed by atoms with E-state index in [4.69, 9.17) is 5.11 Å². The molecule has 1 atom stereocenters. The van der Waals surface area contributed by atoms with Crippen molar-refractivity contribution in [2.75, 3.05) is 17.2 Å². The summed E-state index contributed by atoms with van der Waals surface area (Å²) in [5.41, 5.74) is 2.75. The maximum absolute atomic E-state index is 12.2. The van der Waals surface area contributed by atoms with E-state index in [2.05, 4.69) is 12.6 Å². The predicted molar refractivity (Wildman–Crippen MR) is 78.9 cm³/mol. The molecule has 0 aliphatic rings. The van der Waals surface area contributed by atoms with Crippen molar-refractivity contribution in [3.8, 4) is 0 Å². The SMILES string of the molecule is Cc1ccc(N(CC(=O)O)C(=O)[C@@H](C)CS)cc1C. The molecule has 1 aromatic carbocycles. The highest BCUT2D eigenvalue weighted by Gasteiger charge is 2.23. The summed E-state index contributed by atoms with van der Waals surface area (Å²) in [6.45, 7) is 5.31. The minimum atomic E-state index is -1.03. The normalized spacial score (nSPS) is 12.0. The van der Waals surface area contributed by atoms with Crippen molar-refractivity contribution < 1.29 is 14.7 Å². The Morgan fingerprint density at radius 1 is 1.32 bits per heavy atom. The number of amides is 1. The number of hydrogen-bond donors (Lipinski definition) is 2. The molecule has 4 nitrogen and oxygen atoms in total. The molecule has 0 unspecified atom stereocenters. The standard InChI is InChI=1S/C14H19NO3S/c1-9-4-5-12(6-10(9)2)15(7-13(16)17)14(18)11(3)8-19/h4-6,11,19H,7-8H2,1-3H3,(H,16,17)/t11-/m0/s1. The fourth-order valence-electron chi connectivity index (χ4n) is 1.67. The highest BCUT2D eigenvalue weighted by molar-refractivity contribution is 7.80. The molecule has 0 heterocycles. The second-order valence-electron chi connectivity index (χ2n) is 4.67. The summed E-state index contributed by atoms with van der Waals surface area (Å²) in [4.78, 5) is 24.5. The number of benzene rings is 1. The number of anilines is 1. The summed E-state index contributed by atoms with van der Waals surface area (Å²) in [6.07, 6.45) is 0. The third kappa shape index (κ3) is 3.99. The molecule has 0 aromatic heterocycles. The molecule has 1 amide bonds. The third-order valence-electron chi connectivity index (χ3n) is 3.06. The van der Waals surface area contributed by atoms with Gasteiger partial charge in [-0.15, -0.1) is 0 Å². The first-order chi connectivity index (χ1) is 8.86. The van der Waals surface area contributed by atoms with Crippen LogP contribution in [0.25, 0.3) is 0 Å². The Balaban J connectivity index is 3.12. The monoisotopic (exact) mass is 281 g/mol. The molecule has 0 aliphatic carbocycles. The van der Waals surface area contributed by atoms with E-state index in [0.29, 0.717) is 11.4 Å². The summed E-state index contributed by atoms with van der Waals surface area (Å²) < 4.78 is 0. The molecule has 1 rings (SSSR count). The zero-order chi connectivity index (χ0) is 14.6. The molecular formula is C14H19NO3S. The summed E-state index contributed by atoms with van der Waals surface area (Å²) in [5.74, 6) is -1.18. The summed E-state index contributed by atoms with van der Waals surface area (Å²) in [6, 6.07) is 5.49. The topological polar surface area (TPSA) is 57.6 Å². The van der Waals surface area contributed by atoms with Crippen molar-refractivity contribution in [1.29, 1.82) is 0 Å². The molecule has 0 radical (unpaired) electrons. The van der Waals surface area contributed by atoms with Gasteiger partial charge in [-0.25, -0.2) is 0 Å². The van der Waals surface area contributed by atoms with Crippen LogP contribution in [0, 0.1) is 19.8 Å². The van der Waals surface area contributed by atoms with Crippen LogP contribution in [-0.4, -0.2) is 29.3 Å². The molecule has 0 fully saturated rings. The Kier molecular flexibility index (Phi) is 5.42. The van der Waals surface area contributed by atoms with Crippen LogP contribution >= 0.6 is 12.6 Å². The minimum Gasteiger partial charge on any atom is -0.480 e. The number of carbonyl (C=O) groups excluding carboxylic acids is 1. The average Bonchev–Trinajstić information content (AvgIpc) is 2.37. The van der Waals surface area contributed by atoms with Crippen LogP contribution in [0.5, 0.6) is 0 Å². The molecule has 0 aliphatic heterocycles. The fourth-order valence-corrected chi connectivity index (χ4v) is 1.83. The van der Waals surface area contributed by atoms with Crippen LogP contribution in [0.4, 0.5) is 5.69 Å².